The highest BCUT2D eigenvalue weighted by atomic mass is 15.1. The van der Waals surface area contributed by atoms with E-state index < -0.39 is 0 Å². The second-order valence-corrected chi connectivity index (χ2v) is 9.73. The lowest BCUT2D eigenvalue weighted by atomic mass is 9.97. The second-order valence-electron chi connectivity index (χ2n) is 9.73. The topological polar surface area (TPSA) is 19.7 Å². The smallest absolute Gasteiger partial charge is 0.247 e. The Hall–Kier alpha value is -0.790. The fourth-order valence-electron chi connectivity index (χ4n) is 4.84. The van der Waals surface area contributed by atoms with Gasteiger partial charge in [0.15, 0.2) is 0 Å². The Bertz CT molecular complexity index is 479. The Morgan fingerprint density at radius 2 is 1.13 bits per heavy atom. The molecule has 2 heteroatoms. The van der Waals surface area contributed by atoms with Crippen LogP contribution in [0.3, 0.4) is 0 Å². The van der Waals surface area contributed by atoms with Crippen LogP contribution in [-0.2, 0) is 0 Å². The van der Waals surface area contributed by atoms with Gasteiger partial charge in [-0.25, -0.2) is 9.55 Å². The van der Waals surface area contributed by atoms with Gasteiger partial charge >= 0.3 is 0 Å². The summed E-state index contributed by atoms with van der Waals surface area (Å²) in [5, 5.41) is 0. The molecule has 0 saturated carbocycles. The molecule has 0 bridgehead atoms. The molecule has 1 aromatic rings. The first-order chi connectivity index (χ1) is 14.7. The van der Waals surface area contributed by atoms with Crippen molar-refractivity contribution in [2.75, 3.05) is 0 Å². The quantitative estimate of drug-likeness (QED) is 0.151. The summed E-state index contributed by atoms with van der Waals surface area (Å²) in [6.45, 7) is 9.36. The molecule has 2 unspecified atom stereocenters. The zero-order chi connectivity index (χ0) is 21.9. The summed E-state index contributed by atoms with van der Waals surface area (Å²) in [4.78, 5) is 3.58. The van der Waals surface area contributed by atoms with Gasteiger partial charge in [0, 0.05) is 0 Å². The molecule has 1 rings (SSSR count). The maximum Gasteiger partial charge on any atom is 0.257 e. The Kier molecular flexibility index (Phi) is 17.2. The van der Waals surface area contributed by atoms with Gasteiger partial charge in [0.05, 0.1) is 12.0 Å². The molecule has 1 aromatic heterocycles. The van der Waals surface area contributed by atoms with Gasteiger partial charge in [-0.2, -0.15) is 0 Å². The van der Waals surface area contributed by atoms with Crippen molar-refractivity contribution in [3.8, 4) is 0 Å². The number of hydrogen-bond acceptors (Lipinski definition) is 0. The first kappa shape index (κ1) is 27.2. The molecule has 0 saturated heterocycles. The molecule has 1 N–H and O–H groups in total. The third kappa shape index (κ3) is 12.2. The molecule has 2 atom stereocenters. The van der Waals surface area contributed by atoms with E-state index in [0.717, 1.165) is 0 Å². The van der Waals surface area contributed by atoms with Crippen molar-refractivity contribution in [3.05, 3.63) is 18.2 Å². The first-order valence-electron chi connectivity index (χ1n) is 13.8. The number of H-pyrrole nitrogens is 1. The van der Waals surface area contributed by atoms with E-state index in [2.05, 4.69) is 49.6 Å². The van der Waals surface area contributed by atoms with E-state index >= 15 is 0 Å². The van der Waals surface area contributed by atoms with Crippen LogP contribution in [0.1, 0.15) is 167 Å². The van der Waals surface area contributed by atoms with Crippen molar-refractivity contribution in [3.63, 3.8) is 0 Å². The Morgan fingerprint density at radius 1 is 0.667 bits per heavy atom. The van der Waals surface area contributed by atoms with E-state index in [0.29, 0.717) is 12.0 Å². The minimum absolute atomic E-state index is 0.624. The van der Waals surface area contributed by atoms with E-state index in [1.807, 2.05) is 0 Å². The maximum atomic E-state index is 3.58. The van der Waals surface area contributed by atoms with Crippen molar-refractivity contribution in [1.82, 2.24) is 4.98 Å². The molecule has 30 heavy (non-hydrogen) atoms. The SMILES string of the molecule is CCCCCCCCCCCCCCCC(C)[n+]1cc[nH]c1C(CC)CCCCC. The summed E-state index contributed by atoms with van der Waals surface area (Å²) in [5.41, 5.74) is 0. The van der Waals surface area contributed by atoms with Gasteiger partial charge in [0.25, 0.3) is 5.82 Å². The lowest BCUT2D eigenvalue weighted by Gasteiger charge is -2.15. The predicted molar refractivity (Wildman–Crippen MR) is 133 cm³/mol. The van der Waals surface area contributed by atoms with Crippen LogP contribution in [0, 0.1) is 0 Å². The lowest BCUT2D eigenvalue weighted by Crippen LogP contribution is -2.41. The van der Waals surface area contributed by atoms with Crippen molar-refractivity contribution in [2.45, 2.75) is 162 Å². The van der Waals surface area contributed by atoms with Crippen molar-refractivity contribution in [1.29, 1.82) is 0 Å². The molecule has 0 amide bonds. The molecule has 0 aliphatic heterocycles. The van der Waals surface area contributed by atoms with Gasteiger partial charge in [0.2, 0.25) is 0 Å². The monoisotopic (exact) mass is 419 g/mol. The number of nitrogens with zero attached hydrogens (tertiary/aromatic N) is 1. The van der Waals surface area contributed by atoms with Gasteiger partial charge < -0.3 is 0 Å². The average Bonchev–Trinajstić information content (AvgIpc) is 3.24. The Labute approximate surface area is 189 Å². The van der Waals surface area contributed by atoms with Crippen molar-refractivity contribution >= 4 is 0 Å². The van der Waals surface area contributed by atoms with Crippen molar-refractivity contribution < 1.29 is 4.57 Å². The minimum atomic E-state index is 0.624. The number of aromatic nitrogens is 2. The molecule has 0 radical (unpaired) electrons. The summed E-state index contributed by atoms with van der Waals surface area (Å²) < 4.78 is 2.54. The van der Waals surface area contributed by atoms with Crippen LogP contribution in [0.5, 0.6) is 0 Å². The van der Waals surface area contributed by atoms with Gasteiger partial charge in [-0.05, 0) is 32.6 Å². The highest BCUT2D eigenvalue weighted by Crippen LogP contribution is 2.24. The fraction of sp³-hybridized carbons (Fsp3) is 0.893. The Balaban J connectivity index is 2.11. The molecule has 176 valence electrons. The van der Waals surface area contributed by atoms with Crippen LogP contribution in [0.25, 0.3) is 0 Å². The number of nitrogens with one attached hydrogen (secondary N) is 1. The van der Waals surface area contributed by atoms with Gasteiger partial charge in [-0.3, -0.25) is 0 Å². The number of aromatic amines is 1. The minimum Gasteiger partial charge on any atom is -0.247 e. The number of unbranched alkanes of at least 4 members (excludes halogenated alkanes) is 14. The molecule has 0 aromatic carbocycles. The summed E-state index contributed by atoms with van der Waals surface area (Å²) >= 11 is 0. The van der Waals surface area contributed by atoms with Crippen LogP contribution in [-0.4, -0.2) is 4.98 Å². The molecule has 1 heterocycles. The molecule has 2 nitrogen and oxygen atoms in total. The van der Waals surface area contributed by atoms with Crippen LogP contribution in [0.2, 0.25) is 0 Å². The molecule has 0 spiro atoms. The predicted octanol–water partition coefficient (Wildman–Crippen LogP) is 9.42. The van der Waals surface area contributed by atoms with E-state index in [1.54, 1.807) is 0 Å². The van der Waals surface area contributed by atoms with Crippen LogP contribution in [0.15, 0.2) is 12.4 Å². The van der Waals surface area contributed by atoms with E-state index in [-0.39, 0.29) is 0 Å². The van der Waals surface area contributed by atoms with E-state index in [9.17, 15) is 0 Å². The largest absolute Gasteiger partial charge is 0.257 e. The maximum absolute atomic E-state index is 3.58. The highest BCUT2D eigenvalue weighted by Gasteiger charge is 2.24. The average molecular weight is 420 g/mol. The Morgan fingerprint density at radius 3 is 1.67 bits per heavy atom. The molecule has 0 aliphatic carbocycles. The van der Waals surface area contributed by atoms with E-state index in [4.69, 9.17) is 0 Å². The third-order valence-electron chi connectivity index (χ3n) is 6.98. The van der Waals surface area contributed by atoms with Crippen molar-refractivity contribution in [2.24, 2.45) is 0 Å². The third-order valence-corrected chi connectivity index (χ3v) is 6.98. The van der Waals surface area contributed by atoms with Crippen LogP contribution < -0.4 is 4.57 Å². The molecule has 0 fully saturated rings. The summed E-state index contributed by atoms with van der Waals surface area (Å²) in [5.74, 6) is 2.16. The zero-order valence-corrected chi connectivity index (χ0v) is 21.2. The number of rotatable bonds is 21. The van der Waals surface area contributed by atoms with Gasteiger partial charge in [-0.15, -0.1) is 0 Å². The van der Waals surface area contributed by atoms with E-state index in [1.165, 1.54) is 128 Å². The first-order valence-corrected chi connectivity index (χ1v) is 13.8. The number of imidazole rings is 1. The van der Waals surface area contributed by atoms with Crippen LogP contribution in [0.4, 0.5) is 0 Å². The zero-order valence-electron chi connectivity index (χ0n) is 21.2. The normalized spacial score (nSPS) is 13.6. The number of hydrogen-bond donors (Lipinski definition) is 1. The van der Waals surface area contributed by atoms with Gasteiger partial charge in [0.1, 0.15) is 12.4 Å². The summed E-state index contributed by atoms with van der Waals surface area (Å²) in [7, 11) is 0. The molecular weight excluding hydrogens is 364 g/mol. The van der Waals surface area contributed by atoms with Crippen LogP contribution >= 0.6 is 0 Å². The highest BCUT2D eigenvalue weighted by molar-refractivity contribution is 4.89. The second kappa shape index (κ2) is 18.9. The molecule has 0 aliphatic rings. The fourth-order valence-corrected chi connectivity index (χ4v) is 4.84. The molecular formula is C28H55N2+. The standard InChI is InChI=1S/C28H54N2/c1-5-8-10-11-12-13-14-15-16-17-18-19-21-22-26(4)30-25-24-29-28(30)27(7-3)23-20-9-6-2/h24-27H,5-23H2,1-4H3/p+1. The van der Waals surface area contributed by atoms with Gasteiger partial charge in [-0.1, -0.05) is 117 Å². The summed E-state index contributed by atoms with van der Waals surface area (Å²) in [6.07, 6.45) is 31.1. The lowest BCUT2D eigenvalue weighted by molar-refractivity contribution is -0.727. The summed E-state index contributed by atoms with van der Waals surface area (Å²) in [6, 6.07) is 0.624.